The first-order chi connectivity index (χ1) is 20.0. The van der Waals surface area contributed by atoms with Crippen molar-refractivity contribution in [2.75, 3.05) is 40.1 Å². The van der Waals surface area contributed by atoms with E-state index in [0.717, 1.165) is 71.0 Å². The zero-order valence-corrected chi connectivity index (χ0v) is 25.5. The van der Waals surface area contributed by atoms with Gasteiger partial charge < -0.3 is 33.5 Å². The van der Waals surface area contributed by atoms with Gasteiger partial charge in [-0.25, -0.2) is 4.79 Å². The molecule has 1 saturated carbocycles. The summed E-state index contributed by atoms with van der Waals surface area (Å²) in [6.07, 6.45) is 18.6. The van der Waals surface area contributed by atoms with Gasteiger partial charge in [0.05, 0.1) is 32.5 Å². The molecule has 0 aromatic carbocycles. The first kappa shape index (κ1) is 32.6. The zero-order valence-electron chi connectivity index (χ0n) is 25.5. The maximum atomic E-state index is 11.5. The Kier molecular flexibility index (Phi) is 13.6. The highest BCUT2D eigenvalue weighted by molar-refractivity contribution is 5.70. The van der Waals surface area contributed by atoms with Gasteiger partial charge >= 0.3 is 5.97 Å². The number of rotatable bonds is 16. The molecule has 4 unspecified atom stereocenters. The lowest BCUT2D eigenvalue weighted by molar-refractivity contribution is -0.193. The number of methoxy groups -OCH3 is 1. The Hall–Kier alpha value is -1.29. The van der Waals surface area contributed by atoms with Crippen LogP contribution in [-0.4, -0.2) is 76.0 Å². The van der Waals surface area contributed by atoms with Crippen LogP contribution in [0.15, 0.2) is 23.8 Å². The number of ether oxygens (including phenoxy) is 6. The Balaban J connectivity index is 1.49. The van der Waals surface area contributed by atoms with E-state index >= 15 is 0 Å². The van der Waals surface area contributed by atoms with Crippen LogP contribution in [0.1, 0.15) is 84.5 Å². The van der Waals surface area contributed by atoms with Crippen LogP contribution in [0.3, 0.4) is 0 Å². The van der Waals surface area contributed by atoms with E-state index in [1.165, 1.54) is 25.5 Å². The minimum absolute atomic E-state index is 0.00274. The molecule has 2 aliphatic carbocycles. The molecule has 8 nitrogen and oxygen atoms in total. The predicted octanol–water partition coefficient (Wildman–Crippen LogP) is 5.57. The van der Waals surface area contributed by atoms with Crippen LogP contribution in [-0.2, 0) is 33.2 Å². The van der Waals surface area contributed by atoms with E-state index in [2.05, 4.69) is 36.8 Å². The fourth-order valence-corrected chi connectivity index (χ4v) is 6.89. The summed E-state index contributed by atoms with van der Waals surface area (Å²) in [4.78, 5) is 11.5. The summed E-state index contributed by atoms with van der Waals surface area (Å²) < 4.78 is 35.4. The highest BCUT2D eigenvalue weighted by Gasteiger charge is 2.46. The number of allylic oxidation sites excluding steroid dienone is 1. The van der Waals surface area contributed by atoms with Crippen LogP contribution in [0.2, 0.25) is 0 Å². The molecule has 2 saturated heterocycles. The second-order valence-corrected chi connectivity index (χ2v) is 12.4. The number of hydrogen-bond acceptors (Lipinski definition) is 8. The largest absolute Gasteiger partial charge is 0.467 e. The van der Waals surface area contributed by atoms with Crippen molar-refractivity contribution in [1.29, 1.82) is 0 Å². The summed E-state index contributed by atoms with van der Waals surface area (Å²) in [5, 5.41) is 10.1. The van der Waals surface area contributed by atoms with Crippen LogP contribution in [0.5, 0.6) is 0 Å². The smallest absolute Gasteiger partial charge is 0.331 e. The van der Waals surface area contributed by atoms with Gasteiger partial charge in [0.1, 0.15) is 6.61 Å². The molecular weight excluding hydrogens is 524 g/mol. The highest BCUT2D eigenvalue weighted by Crippen LogP contribution is 2.50. The lowest BCUT2D eigenvalue weighted by atomic mass is 9.90. The predicted molar refractivity (Wildman–Crippen MR) is 156 cm³/mol. The van der Waals surface area contributed by atoms with Crippen LogP contribution in [0, 0.1) is 29.6 Å². The number of hydrogen-bond donors (Lipinski definition) is 1. The van der Waals surface area contributed by atoms with Crippen LogP contribution < -0.4 is 0 Å². The van der Waals surface area contributed by atoms with Gasteiger partial charge in [-0.3, -0.25) is 0 Å². The van der Waals surface area contributed by atoms with Crippen molar-refractivity contribution < 1.29 is 38.3 Å². The highest BCUT2D eigenvalue weighted by atomic mass is 16.7. The molecule has 234 valence electrons. The molecule has 3 fully saturated rings. The summed E-state index contributed by atoms with van der Waals surface area (Å²) in [5.74, 6) is 0.844. The number of carbonyl (C=O) groups excluding carboxylic acids is 1. The minimum Gasteiger partial charge on any atom is -0.467 e. The second kappa shape index (κ2) is 17.1. The van der Waals surface area contributed by atoms with Crippen molar-refractivity contribution in [2.24, 2.45) is 29.6 Å². The Morgan fingerprint density at radius 3 is 2.56 bits per heavy atom. The SMILES string of the molecule is CCCCC(C)[C@@H](/C=C/[C@@H]1[C@H]2C=C(C(CO)COCC(=O)OC)C[C@H]2C[C@H]1OC1CCCCO1)OC1CCCCO1. The summed E-state index contributed by atoms with van der Waals surface area (Å²) in [7, 11) is 1.35. The monoisotopic (exact) mass is 578 g/mol. The molecule has 4 aliphatic rings. The number of fused-ring (bicyclic) bond motifs is 1. The average Bonchev–Trinajstić information content (AvgIpc) is 3.54. The molecule has 0 bridgehead atoms. The fraction of sp³-hybridized carbons (Fsp3) is 0.848. The molecular formula is C33H54O8. The van der Waals surface area contributed by atoms with Crippen molar-refractivity contribution in [3.8, 4) is 0 Å². The van der Waals surface area contributed by atoms with Crippen molar-refractivity contribution >= 4 is 5.97 Å². The average molecular weight is 579 g/mol. The van der Waals surface area contributed by atoms with E-state index in [9.17, 15) is 9.90 Å². The normalized spacial score (nSPS) is 32.4. The van der Waals surface area contributed by atoms with Crippen molar-refractivity contribution in [1.82, 2.24) is 0 Å². The molecule has 0 aromatic heterocycles. The topological polar surface area (TPSA) is 92.7 Å². The molecule has 0 amide bonds. The number of esters is 1. The molecule has 0 aromatic rings. The fourth-order valence-electron chi connectivity index (χ4n) is 6.89. The Labute approximate surface area is 247 Å². The second-order valence-electron chi connectivity index (χ2n) is 12.4. The van der Waals surface area contributed by atoms with Crippen LogP contribution >= 0.6 is 0 Å². The van der Waals surface area contributed by atoms with Crippen molar-refractivity contribution in [2.45, 2.75) is 109 Å². The molecule has 2 heterocycles. The number of carbonyl (C=O) groups is 1. The zero-order chi connectivity index (χ0) is 29.0. The Morgan fingerprint density at radius 2 is 1.90 bits per heavy atom. The summed E-state index contributed by atoms with van der Waals surface area (Å²) >= 11 is 0. The minimum atomic E-state index is -0.405. The molecule has 0 radical (unpaired) electrons. The Morgan fingerprint density at radius 1 is 1.15 bits per heavy atom. The van der Waals surface area contributed by atoms with Gasteiger partial charge in [0.2, 0.25) is 0 Å². The summed E-state index contributed by atoms with van der Waals surface area (Å²) in [6.45, 7) is 6.28. The van der Waals surface area contributed by atoms with E-state index in [1.54, 1.807) is 0 Å². The van der Waals surface area contributed by atoms with Gasteiger partial charge in [0.25, 0.3) is 0 Å². The molecule has 1 N–H and O–H groups in total. The molecule has 8 heteroatoms. The number of unbranched alkanes of at least 4 members (excludes halogenated alkanes) is 1. The number of aliphatic hydroxyl groups is 1. The standard InChI is InChI=1S/C33H54O8/c1-4-5-10-23(2)29(40-32-11-6-8-15-38-32)14-13-27-28-18-24(26(20-34)21-37-22-31(35)36-3)17-25(28)19-30(27)41-33-12-7-9-16-39-33/h13-14,18,23,25-30,32-34H,4-12,15-17,19-22H2,1-3H3/b14-13+/t23?,25-,26?,27+,28-,29+,30+,32?,33?/m0/s1. The third-order valence-electron chi connectivity index (χ3n) is 9.38. The maximum absolute atomic E-state index is 11.5. The van der Waals surface area contributed by atoms with E-state index in [4.69, 9.17) is 23.7 Å². The summed E-state index contributed by atoms with van der Waals surface area (Å²) in [6, 6.07) is 0. The van der Waals surface area contributed by atoms with Gasteiger partial charge in [0, 0.05) is 25.0 Å². The number of aliphatic hydroxyl groups excluding tert-OH is 1. The van der Waals surface area contributed by atoms with E-state index in [1.807, 2.05) is 0 Å². The molecule has 4 rings (SSSR count). The first-order valence-electron chi connectivity index (χ1n) is 16.2. The molecule has 0 spiro atoms. The Bertz CT molecular complexity index is 831. The van der Waals surface area contributed by atoms with Crippen molar-refractivity contribution in [3.63, 3.8) is 0 Å². The van der Waals surface area contributed by atoms with E-state index in [-0.39, 0.29) is 49.8 Å². The third-order valence-corrected chi connectivity index (χ3v) is 9.38. The third kappa shape index (κ3) is 9.60. The van der Waals surface area contributed by atoms with Gasteiger partial charge in [-0.15, -0.1) is 0 Å². The first-order valence-corrected chi connectivity index (χ1v) is 16.2. The quantitative estimate of drug-likeness (QED) is 0.188. The van der Waals surface area contributed by atoms with Gasteiger partial charge in [-0.1, -0.05) is 50.5 Å². The lowest BCUT2D eigenvalue weighted by Gasteiger charge is -2.31. The van der Waals surface area contributed by atoms with Crippen LogP contribution in [0.25, 0.3) is 0 Å². The van der Waals surface area contributed by atoms with E-state index < -0.39 is 5.97 Å². The van der Waals surface area contributed by atoms with Crippen LogP contribution in [0.4, 0.5) is 0 Å². The molecule has 2 aliphatic heterocycles. The molecule has 41 heavy (non-hydrogen) atoms. The van der Waals surface area contributed by atoms with Gasteiger partial charge in [-0.2, -0.15) is 0 Å². The van der Waals surface area contributed by atoms with Crippen molar-refractivity contribution in [3.05, 3.63) is 23.8 Å². The van der Waals surface area contributed by atoms with Gasteiger partial charge in [0.15, 0.2) is 12.6 Å². The lowest BCUT2D eigenvalue weighted by Crippen LogP contribution is -2.32. The van der Waals surface area contributed by atoms with Gasteiger partial charge in [-0.05, 0) is 75.5 Å². The van der Waals surface area contributed by atoms with E-state index in [0.29, 0.717) is 24.4 Å². The molecule has 9 atom stereocenters. The summed E-state index contributed by atoms with van der Waals surface area (Å²) in [5.41, 5.74) is 1.22. The maximum Gasteiger partial charge on any atom is 0.331 e.